The van der Waals surface area contributed by atoms with E-state index in [2.05, 4.69) is 31.4 Å². The second kappa shape index (κ2) is 9.44. The third kappa shape index (κ3) is 3.72. The Morgan fingerprint density at radius 2 is 1.43 bits per heavy atom. The van der Waals surface area contributed by atoms with Crippen molar-refractivity contribution in [3.63, 3.8) is 0 Å². The minimum Gasteiger partial charge on any atom is -0.308 e. The van der Waals surface area contributed by atoms with Crippen LogP contribution in [0, 0.1) is 11.3 Å². The summed E-state index contributed by atoms with van der Waals surface area (Å²) in [5, 5.41) is 11.6. The van der Waals surface area contributed by atoms with Gasteiger partial charge in [0.25, 0.3) is 11.8 Å². The lowest BCUT2D eigenvalue weighted by Crippen LogP contribution is -2.24. The van der Waals surface area contributed by atoms with Crippen molar-refractivity contribution in [2.75, 3.05) is 7.05 Å². The highest BCUT2D eigenvalue weighted by molar-refractivity contribution is 6.23. The monoisotopic (exact) mass is 481 g/mol. The van der Waals surface area contributed by atoms with Crippen LogP contribution in [-0.2, 0) is 0 Å². The molecule has 0 radical (unpaired) electrons. The number of carbonyl (C=O) groups excluding carboxylic acids is 2. The van der Waals surface area contributed by atoms with Crippen molar-refractivity contribution in [1.29, 1.82) is 5.26 Å². The van der Waals surface area contributed by atoms with E-state index >= 15 is 0 Å². The molecule has 0 bridgehead atoms. The summed E-state index contributed by atoms with van der Waals surface area (Å²) >= 11 is 0. The van der Waals surface area contributed by atoms with Crippen LogP contribution in [0.1, 0.15) is 26.3 Å². The number of hydrogen-bond acceptors (Lipinski definition) is 3. The molecule has 0 atom stereocenters. The van der Waals surface area contributed by atoms with Gasteiger partial charge in [-0.25, -0.2) is 0 Å². The van der Waals surface area contributed by atoms with E-state index in [-0.39, 0.29) is 11.8 Å². The van der Waals surface area contributed by atoms with Gasteiger partial charge in [-0.3, -0.25) is 14.5 Å². The van der Waals surface area contributed by atoms with Gasteiger partial charge in [0.05, 0.1) is 39.5 Å². The molecule has 37 heavy (non-hydrogen) atoms. The van der Waals surface area contributed by atoms with Crippen molar-refractivity contribution < 1.29 is 9.59 Å². The quantitative estimate of drug-likeness (QED) is 0.208. The summed E-state index contributed by atoms with van der Waals surface area (Å²) in [5.41, 5.74) is 5.85. The molecule has 0 fully saturated rings. The third-order valence-electron chi connectivity index (χ3n) is 6.53. The molecular weight excluding hydrogens is 458 g/mol. The lowest BCUT2D eigenvalue weighted by molar-refractivity contribution is 0.0693. The zero-order valence-corrected chi connectivity index (χ0v) is 20.3. The third-order valence-corrected chi connectivity index (χ3v) is 6.53. The lowest BCUT2D eigenvalue weighted by atomic mass is 9.98. The van der Waals surface area contributed by atoms with Gasteiger partial charge >= 0.3 is 0 Å². The number of aromatic nitrogens is 1. The Balaban J connectivity index is 0.000000655. The Hall–Kier alpha value is -5.21. The van der Waals surface area contributed by atoms with Gasteiger partial charge < -0.3 is 4.57 Å². The van der Waals surface area contributed by atoms with Crippen molar-refractivity contribution in [3.8, 4) is 22.9 Å². The number of hydrogen-bond donors (Lipinski definition) is 0. The first-order chi connectivity index (χ1) is 18.0. The van der Waals surface area contributed by atoms with Crippen molar-refractivity contribution in [2.24, 2.45) is 0 Å². The number of benzene rings is 4. The second-order valence-corrected chi connectivity index (χ2v) is 8.58. The number of nitriles is 1. The molecule has 0 aliphatic carbocycles. The highest BCUT2D eigenvalue weighted by Crippen LogP contribution is 2.38. The molecule has 0 saturated heterocycles. The van der Waals surface area contributed by atoms with E-state index < -0.39 is 0 Å². The second-order valence-electron chi connectivity index (χ2n) is 8.58. The molecule has 2 heterocycles. The maximum atomic E-state index is 13.0. The molecule has 0 spiro atoms. The van der Waals surface area contributed by atoms with Crippen LogP contribution < -0.4 is 0 Å². The van der Waals surface area contributed by atoms with Crippen LogP contribution in [-0.4, -0.2) is 28.3 Å². The zero-order valence-electron chi connectivity index (χ0n) is 20.3. The number of amides is 2. The van der Waals surface area contributed by atoms with Crippen LogP contribution in [0.5, 0.6) is 0 Å². The van der Waals surface area contributed by atoms with Crippen LogP contribution in [0.15, 0.2) is 110 Å². The summed E-state index contributed by atoms with van der Waals surface area (Å²) in [5.74, 6) is -0.580. The van der Waals surface area contributed by atoms with E-state index in [0.717, 1.165) is 32.9 Å². The highest BCUT2D eigenvalue weighted by Gasteiger charge is 2.35. The summed E-state index contributed by atoms with van der Waals surface area (Å²) in [6, 6.07) is 29.3. The fourth-order valence-electron chi connectivity index (χ4n) is 4.80. The molecule has 1 aliphatic heterocycles. The van der Waals surface area contributed by atoms with Crippen molar-refractivity contribution in [1.82, 2.24) is 9.47 Å². The SMILES string of the molecule is C=CC=C.CN1C(=O)c2cccc(-n3c4ccccc4c4cc(-c5ccccc5C#N)ccc43)c2C1=O. The predicted molar refractivity (Wildman–Crippen MR) is 148 cm³/mol. The molecule has 1 aliphatic rings. The molecule has 0 N–H and O–H groups in total. The number of rotatable bonds is 3. The smallest absolute Gasteiger partial charge is 0.263 e. The summed E-state index contributed by atoms with van der Waals surface area (Å²) in [6.07, 6.45) is 3.28. The predicted octanol–water partition coefficient (Wildman–Crippen LogP) is 6.91. The van der Waals surface area contributed by atoms with Crippen LogP contribution >= 0.6 is 0 Å². The summed E-state index contributed by atoms with van der Waals surface area (Å²) in [4.78, 5) is 26.7. The number of para-hydroxylation sites is 1. The van der Waals surface area contributed by atoms with Crippen LogP contribution in [0.3, 0.4) is 0 Å². The Labute approximate surface area is 214 Å². The number of nitrogens with zero attached hydrogens (tertiary/aromatic N) is 3. The molecule has 178 valence electrons. The first-order valence-electron chi connectivity index (χ1n) is 11.7. The molecule has 6 rings (SSSR count). The Morgan fingerprint density at radius 1 is 0.757 bits per heavy atom. The van der Waals surface area contributed by atoms with Crippen molar-refractivity contribution in [2.45, 2.75) is 0 Å². The average molecular weight is 482 g/mol. The van der Waals surface area contributed by atoms with Gasteiger partial charge in [0, 0.05) is 17.8 Å². The molecule has 1 aromatic heterocycles. The minimum absolute atomic E-state index is 0.284. The van der Waals surface area contributed by atoms with E-state index in [4.69, 9.17) is 0 Å². The lowest BCUT2D eigenvalue weighted by Gasteiger charge is -2.12. The molecule has 2 amide bonds. The van der Waals surface area contributed by atoms with Gasteiger partial charge in [-0.05, 0) is 47.5 Å². The van der Waals surface area contributed by atoms with Crippen LogP contribution in [0.2, 0.25) is 0 Å². The highest BCUT2D eigenvalue weighted by atomic mass is 16.2. The molecule has 0 saturated carbocycles. The zero-order chi connectivity index (χ0) is 26.1. The summed E-state index contributed by atoms with van der Waals surface area (Å²) < 4.78 is 2.05. The maximum Gasteiger partial charge on any atom is 0.263 e. The maximum absolute atomic E-state index is 13.0. The Kier molecular flexibility index (Phi) is 6.01. The van der Waals surface area contributed by atoms with Crippen LogP contribution in [0.4, 0.5) is 0 Å². The van der Waals surface area contributed by atoms with E-state index in [1.807, 2.05) is 71.3 Å². The standard InChI is InChI=1S/C28H17N3O2.C4H6/c1-30-27(32)21-10-6-12-25(26(21)28(30)33)31-23-11-5-4-9-20(23)22-15-17(13-14-24(22)31)19-8-3-2-7-18(19)16-29;1-3-4-2/h2-15H,1H3;3-4H,1-2H2. The molecule has 4 aromatic carbocycles. The van der Waals surface area contributed by atoms with Gasteiger partial charge in [-0.1, -0.05) is 73.8 Å². The number of fused-ring (bicyclic) bond motifs is 4. The van der Waals surface area contributed by atoms with Gasteiger partial charge in [0.1, 0.15) is 0 Å². The molecule has 0 unspecified atom stereocenters. The fourth-order valence-corrected chi connectivity index (χ4v) is 4.80. The average Bonchev–Trinajstić information content (AvgIpc) is 3.40. The molecule has 5 heteroatoms. The van der Waals surface area contributed by atoms with E-state index in [0.29, 0.717) is 22.4 Å². The number of carbonyl (C=O) groups is 2. The van der Waals surface area contributed by atoms with E-state index in [9.17, 15) is 14.9 Å². The molecule has 5 nitrogen and oxygen atoms in total. The van der Waals surface area contributed by atoms with Crippen molar-refractivity contribution >= 4 is 33.6 Å². The Morgan fingerprint density at radius 3 is 2.19 bits per heavy atom. The van der Waals surface area contributed by atoms with Gasteiger partial charge in [0.15, 0.2) is 0 Å². The van der Waals surface area contributed by atoms with Crippen LogP contribution in [0.25, 0.3) is 38.6 Å². The van der Waals surface area contributed by atoms with Gasteiger partial charge in [-0.15, -0.1) is 0 Å². The van der Waals surface area contributed by atoms with Gasteiger partial charge in [0.2, 0.25) is 0 Å². The first-order valence-corrected chi connectivity index (χ1v) is 11.7. The number of allylic oxidation sites excluding steroid dienone is 2. The Bertz CT molecular complexity index is 1780. The molecule has 5 aromatic rings. The minimum atomic E-state index is -0.295. The van der Waals surface area contributed by atoms with Crippen molar-refractivity contribution in [3.05, 3.63) is 127 Å². The molecular formula is C32H23N3O2. The fraction of sp³-hybridized carbons (Fsp3) is 0.0312. The van der Waals surface area contributed by atoms with E-state index in [1.165, 1.54) is 11.9 Å². The van der Waals surface area contributed by atoms with Gasteiger partial charge in [-0.2, -0.15) is 5.26 Å². The first kappa shape index (κ1) is 23.5. The summed E-state index contributed by atoms with van der Waals surface area (Å²) in [6.45, 7) is 6.72. The topological polar surface area (TPSA) is 66.1 Å². The largest absolute Gasteiger partial charge is 0.308 e. The van der Waals surface area contributed by atoms with E-state index in [1.54, 1.807) is 18.2 Å². The normalized spacial score (nSPS) is 12.2. The number of imide groups is 1. The summed E-state index contributed by atoms with van der Waals surface area (Å²) in [7, 11) is 1.51.